The number of ketones is 2. The van der Waals surface area contributed by atoms with Crippen LogP contribution < -0.4 is 10.6 Å². The van der Waals surface area contributed by atoms with E-state index in [1.54, 1.807) is 6.92 Å². The largest absolute Gasteiger partial charge is 0.504 e. The van der Waals surface area contributed by atoms with Crippen LogP contribution in [0, 0.1) is 23.7 Å². The van der Waals surface area contributed by atoms with Gasteiger partial charge in [-0.25, -0.2) is 0 Å². The fourth-order valence-corrected chi connectivity index (χ4v) is 6.45. The third kappa shape index (κ3) is 4.55. The van der Waals surface area contributed by atoms with Crippen LogP contribution in [0.4, 0.5) is 0 Å². The van der Waals surface area contributed by atoms with Crippen LogP contribution in [0.2, 0.25) is 0 Å². The molecule has 0 unspecified atom stereocenters. The van der Waals surface area contributed by atoms with E-state index in [-0.39, 0.29) is 45.5 Å². The number of aliphatic hydroxyl groups is 1. The molecule has 1 saturated heterocycles. The number of furan rings is 1. The Bertz CT molecular complexity index is 1170. The first-order chi connectivity index (χ1) is 16.4. The van der Waals surface area contributed by atoms with E-state index in [2.05, 4.69) is 26.8 Å². The van der Waals surface area contributed by atoms with Gasteiger partial charge in [-0.15, -0.1) is 0 Å². The molecule has 4 rings (SSSR count). The summed E-state index contributed by atoms with van der Waals surface area (Å²) < 4.78 is 12.7. The molecule has 0 spiro atoms. The molecule has 35 heavy (non-hydrogen) atoms. The van der Waals surface area contributed by atoms with Gasteiger partial charge < -0.3 is 19.4 Å². The Morgan fingerprint density at radius 2 is 1.66 bits per heavy atom. The Hall–Kier alpha value is -2.18. The average Bonchev–Trinajstić information content (AvgIpc) is 3.13. The highest BCUT2D eigenvalue weighted by molar-refractivity contribution is 6.63. The smallest absolute Gasteiger partial charge is 0.232 e. The van der Waals surface area contributed by atoms with Gasteiger partial charge in [0.15, 0.2) is 5.75 Å². The van der Waals surface area contributed by atoms with E-state index in [1.807, 2.05) is 20.8 Å². The van der Waals surface area contributed by atoms with Crippen LogP contribution in [0.1, 0.15) is 85.8 Å². The lowest BCUT2D eigenvalue weighted by Gasteiger charge is -2.43. The quantitative estimate of drug-likeness (QED) is 0.430. The van der Waals surface area contributed by atoms with Crippen molar-refractivity contribution in [3.8, 4) is 5.75 Å². The van der Waals surface area contributed by atoms with Gasteiger partial charge in [-0.2, -0.15) is 0 Å². The highest BCUT2D eigenvalue weighted by Crippen LogP contribution is 2.38. The van der Waals surface area contributed by atoms with Crippen molar-refractivity contribution in [2.24, 2.45) is 23.7 Å². The van der Waals surface area contributed by atoms with Gasteiger partial charge in [-0.1, -0.05) is 46.3 Å². The minimum absolute atomic E-state index is 0.0802. The zero-order chi connectivity index (χ0) is 25.8. The third-order valence-electron chi connectivity index (χ3n) is 8.41. The molecule has 1 fully saturated rings. The Morgan fingerprint density at radius 1 is 0.971 bits per heavy atom. The summed E-state index contributed by atoms with van der Waals surface area (Å²) in [5.41, 5.74) is 1.93. The molecule has 2 N–H and O–H groups in total. The molecule has 0 aromatic carbocycles. The molecule has 1 aromatic rings. The van der Waals surface area contributed by atoms with Crippen LogP contribution in [0.5, 0.6) is 5.75 Å². The number of rotatable bonds is 0. The second-order valence-electron chi connectivity index (χ2n) is 11.5. The van der Waals surface area contributed by atoms with Crippen molar-refractivity contribution in [2.75, 3.05) is 0 Å². The molecule has 3 heterocycles. The first kappa shape index (κ1) is 25.9. The molecule has 192 valence electrons. The monoisotopic (exact) mass is 484 g/mol. The van der Waals surface area contributed by atoms with Crippen molar-refractivity contribution in [2.45, 2.75) is 98.4 Å². The van der Waals surface area contributed by atoms with E-state index < -0.39 is 29.7 Å². The molecule has 6 heteroatoms. The molecule has 0 saturated carbocycles. The molecule has 6 nitrogen and oxygen atoms in total. The number of aromatic hydroxyl groups is 1. The summed E-state index contributed by atoms with van der Waals surface area (Å²) in [5, 5.41) is 22.8. The Morgan fingerprint density at radius 3 is 2.34 bits per heavy atom. The number of carbonyl (C=O) groups excluding carboxylic acids is 2. The maximum Gasteiger partial charge on any atom is 0.232 e. The first-order valence-corrected chi connectivity index (χ1v) is 13.1. The lowest BCUT2D eigenvalue weighted by atomic mass is 9.76. The minimum atomic E-state index is -0.805. The van der Waals surface area contributed by atoms with Gasteiger partial charge in [0.05, 0.1) is 23.5 Å². The summed E-state index contributed by atoms with van der Waals surface area (Å²) in [6, 6.07) is 0. The third-order valence-corrected chi connectivity index (χ3v) is 8.41. The number of allylic oxidation sites excluding steroid dienone is 2. The first-order valence-electron chi connectivity index (χ1n) is 13.1. The van der Waals surface area contributed by atoms with Crippen molar-refractivity contribution in [1.82, 2.24) is 0 Å². The standard InChI is InChI=1S/C29H40O6/c1-13-8-9-20-17(5)23(30)18(6)28(34-20)21-22-26(33)27(16(4)12-15(3)11-14(2)10-13)35-29(22)19(7)24(31)25(21)32/h10,13,15-18,20,23,28,30,33H,8-9,11-12H2,1-7H3/b14-10+/t13-,15+,16-,17-,18+,20+,23-,28+/m0/s1. The SMILES string of the molecule is CC1=c2oc3c(O)c2=C(C(=O)C1=O)[C@@H]1O[C@H](CC[C@H](C)/C=C(\C)C[C@@H](C)C[C@@H]3C)[C@H](C)[C@H](O)[C@H]1C. The predicted octanol–water partition coefficient (Wildman–Crippen LogP) is 3.75. The molecule has 8 atom stereocenters. The van der Waals surface area contributed by atoms with E-state index in [9.17, 15) is 19.8 Å². The van der Waals surface area contributed by atoms with Gasteiger partial charge in [0.25, 0.3) is 0 Å². The lowest BCUT2D eigenvalue weighted by molar-refractivity contribution is -0.150. The summed E-state index contributed by atoms with van der Waals surface area (Å²) in [7, 11) is 0. The van der Waals surface area contributed by atoms with Crippen molar-refractivity contribution < 1.29 is 29.0 Å². The molecular weight excluding hydrogens is 444 g/mol. The lowest BCUT2D eigenvalue weighted by Crippen LogP contribution is -2.53. The molecule has 2 aliphatic heterocycles. The fourth-order valence-electron chi connectivity index (χ4n) is 6.45. The van der Waals surface area contributed by atoms with Gasteiger partial charge in [0.2, 0.25) is 11.6 Å². The van der Waals surface area contributed by atoms with Gasteiger partial charge in [-0.05, 0) is 51.4 Å². The van der Waals surface area contributed by atoms with E-state index in [4.69, 9.17) is 9.15 Å². The summed E-state index contributed by atoms with van der Waals surface area (Å²) in [5.74, 6) is -0.901. The molecule has 1 aromatic heterocycles. The molecule has 0 amide bonds. The summed E-state index contributed by atoms with van der Waals surface area (Å²) in [4.78, 5) is 26.4. The normalized spacial score (nSPS) is 38.3. The van der Waals surface area contributed by atoms with Crippen LogP contribution in [-0.4, -0.2) is 40.1 Å². The number of hydrogen-bond donors (Lipinski definition) is 2. The van der Waals surface area contributed by atoms with Crippen LogP contribution in [0.3, 0.4) is 0 Å². The maximum absolute atomic E-state index is 13.4. The van der Waals surface area contributed by atoms with E-state index in [0.29, 0.717) is 17.6 Å². The van der Waals surface area contributed by atoms with Crippen molar-refractivity contribution in [3.05, 3.63) is 28.0 Å². The van der Waals surface area contributed by atoms with E-state index in [0.717, 1.165) is 25.7 Å². The van der Waals surface area contributed by atoms with Crippen molar-refractivity contribution >= 4 is 22.7 Å². The molecule has 3 aliphatic rings. The zero-order valence-electron chi connectivity index (χ0n) is 22.1. The van der Waals surface area contributed by atoms with E-state index >= 15 is 0 Å². The maximum atomic E-state index is 13.4. The zero-order valence-corrected chi connectivity index (χ0v) is 22.1. The summed E-state index contributed by atoms with van der Waals surface area (Å²) in [6.45, 7) is 14.0. The van der Waals surface area contributed by atoms with Gasteiger partial charge >= 0.3 is 0 Å². The second-order valence-corrected chi connectivity index (χ2v) is 11.5. The second kappa shape index (κ2) is 9.70. The van der Waals surface area contributed by atoms with Crippen molar-refractivity contribution in [1.29, 1.82) is 0 Å². The Labute approximate surface area is 207 Å². The number of Topliss-reactive ketones (excluding diaryl/α,β-unsaturated/α-hetero) is 2. The Kier molecular flexibility index (Phi) is 7.18. The summed E-state index contributed by atoms with van der Waals surface area (Å²) >= 11 is 0. The fraction of sp³-hybridized carbons (Fsp3) is 0.655. The predicted molar refractivity (Wildman–Crippen MR) is 134 cm³/mol. The molecule has 1 aliphatic carbocycles. The van der Waals surface area contributed by atoms with Crippen LogP contribution in [0.15, 0.2) is 16.1 Å². The number of carbonyl (C=O) groups is 2. The Balaban J connectivity index is 1.95. The number of fused-ring (bicyclic) bond motifs is 4. The van der Waals surface area contributed by atoms with Gasteiger partial charge in [0.1, 0.15) is 11.2 Å². The number of ether oxygens (including phenoxy) is 1. The van der Waals surface area contributed by atoms with Gasteiger partial charge in [0, 0.05) is 28.9 Å². The van der Waals surface area contributed by atoms with Gasteiger partial charge in [-0.3, -0.25) is 9.59 Å². The van der Waals surface area contributed by atoms with E-state index in [1.165, 1.54) is 5.57 Å². The van der Waals surface area contributed by atoms with Crippen molar-refractivity contribution in [3.63, 3.8) is 0 Å². The average molecular weight is 485 g/mol. The molecule has 4 bridgehead atoms. The highest BCUT2D eigenvalue weighted by atomic mass is 16.5. The number of aliphatic hydroxyl groups excluding tert-OH is 1. The molecule has 0 radical (unpaired) electrons. The van der Waals surface area contributed by atoms with Crippen LogP contribution >= 0.6 is 0 Å². The highest BCUT2D eigenvalue weighted by Gasteiger charge is 2.46. The summed E-state index contributed by atoms with van der Waals surface area (Å²) in [6.07, 6.45) is 3.91. The number of hydrogen-bond acceptors (Lipinski definition) is 6. The van der Waals surface area contributed by atoms with Crippen LogP contribution in [0.25, 0.3) is 11.1 Å². The van der Waals surface area contributed by atoms with Crippen LogP contribution in [-0.2, 0) is 14.3 Å². The minimum Gasteiger partial charge on any atom is -0.504 e. The topological polar surface area (TPSA) is 97.0 Å². The molecular formula is C29H40O6.